The van der Waals surface area contributed by atoms with Crippen molar-refractivity contribution in [3.8, 4) is 11.5 Å². The third kappa shape index (κ3) is 8.46. The fraction of sp³-hybridized carbons (Fsp3) is 0.533. The van der Waals surface area contributed by atoms with Crippen LogP contribution >= 0.6 is 24.0 Å². The number of nitrogens with one attached hydrogen (secondary N) is 2. The van der Waals surface area contributed by atoms with Crippen molar-refractivity contribution in [2.24, 2.45) is 4.99 Å². The molecule has 9 heteroatoms. The van der Waals surface area contributed by atoms with E-state index in [0.717, 1.165) is 0 Å². The lowest BCUT2D eigenvalue weighted by Crippen LogP contribution is -2.38. The zero-order valence-corrected chi connectivity index (χ0v) is 15.9. The van der Waals surface area contributed by atoms with Gasteiger partial charge in [0.2, 0.25) is 0 Å². The lowest BCUT2D eigenvalue weighted by atomic mass is 10.1. The summed E-state index contributed by atoms with van der Waals surface area (Å²) in [5.41, 5.74) is 0.683. The third-order valence-corrected chi connectivity index (χ3v) is 3.00. The number of alkyl halides is 3. The zero-order valence-electron chi connectivity index (χ0n) is 13.6. The number of methoxy groups -OCH3 is 1. The Bertz CT molecular complexity index is 525. The molecule has 0 bridgehead atoms. The van der Waals surface area contributed by atoms with Crippen LogP contribution in [0.3, 0.4) is 0 Å². The molecule has 0 amide bonds. The van der Waals surface area contributed by atoms with Gasteiger partial charge in [0.1, 0.15) is 0 Å². The van der Waals surface area contributed by atoms with E-state index in [1.54, 1.807) is 18.2 Å². The van der Waals surface area contributed by atoms with E-state index in [-0.39, 0.29) is 36.3 Å². The summed E-state index contributed by atoms with van der Waals surface area (Å²) in [4.78, 5) is 3.87. The van der Waals surface area contributed by atoms with E-state index >= 15 is 0 Å². The number of phenolic OH excluding ortho intramolecular Hbond substituents is 1. The molecule has 1 aromatic carbocycles. The van der Waals surface area contributed by atoms with E-state index in [1.165, 1.54) is 7.11 Å². The molecule has 0 aromatic heterocycles. The fourth-order valence-electron chi connectivity index (χ4n) is 1.89. The number of rotatable bonds is 7. The van der Waals surface area contributed by atoms with Gasteiger partial charge in [-0.25, -0.2) is 0 Å². The van der Waals surface area contributed by atoms with Crippen molar-refractivity contribution in [2.75, 3.05) is 26.7 Å². The SMILES string of the molecule is CCNC(=NCCC(F)(F)F)NCCc1cccc(OC)c1O.I. The van der Waals surface area contributed by atoms with Crippen LogP contribution in [0.5, 0.6) is 11.5 Å². The summed E-state index contributed by atoms with van der Waals surface area (Å²) in [5, 5.41) is 15.8. The Morgan fingerprint density at radius 2 is 2.00 bits per heavy atom. The van der Waals surface area contributed by atoms with Crippen LogP contribution in [0, 0.1) is 0 Å². The molecule has 24 heavy (non-hydrogen) atoms. The normalized spacial score (nSPS) is 11.6. The monoisotopic (exact) mass is 461 g/mol. The Kier molecular flexibility index (Phi) is 10.6. The van der Waals surface area contributed by atoms with Gasteiger partial charge in [-0.2, -0.15) is 13.2 Å². The van der Waals surface area contributed by atoms with E-state index in [2.05, 4.69) is 15.6 Å². The predicted molar refractivity (Wildman–Crippen MR) is 98.4 cm³/mol. The first kappa shape index (κ1) is 22.6. The average Bonchev–Trinajstić information content (AvgIpc) is 2.47. The number of aliphatic imine (C=N–C) groups is 1. The molecule has 0 aliphatic heterocycles. The molecule has 1 aromatic rings. The highest BCUT2D eigenvalue weighted by Gasteiger charge is 2.26. The first-order valence-electron chi connectivity index (χ1n) is 7.31. The van der Waals surface area contributed by atoms with Crippen molar-refractivity contribution in [3.63, 3.8) is 0 Å². The smallest absolute Gasteiger partial charge is 0.390 e. The van der Waals surface area contributed by atoms with Crippen molar-refractivity contribution < 1.29 is 23.0 Å². The molecular weight excluding hydrogens is 438 g/mol. The number of phenols is 1. The zero-order chi connectivity index (χ0) is 17.3. The molecule has 0 saturated carbocycles. The molecule has 0 heterocycles. The highest BCUT2D eigenvalue weighted by molar-refractivity contribution is 14.0. The van der Waals surface area contributed by atoms with Gasteiger partial charge in [0.15, 0.2) is 17.5 Å². The van der Waals surface area contributed by atoms with Crippen LogP contribution < -0.4 is 15.4 Å². The summed E-state index contributed by atoms with van der Waals surface area (Å²) in [6.07, 6.45) is -4.69. The molecule has 0 saturated heterocycles. The summed E-state index contributed by atoms with van der Waals surface area (Å²) in [7, 11) is 1.47. The molecule has 0 radical (unpaired) electrons. The highest BCUT2D eigenvalue weighted by atomic mass is 127. The number of hydrogen-bond donors (Lipinski definition) is 3. The lowest BCUT2D eigenvalue weighted by molar-refractivity contribution is -0.132. The summed E-state index contributed by atoms with van der Waals surface area (Å²) < 4.78 is 41.4. The number of halogens is 4. The van der Waals surface area contributed by atoms with Crippen LogP contribution in [0.15, 0.2) is 23.2 Å². The van der Waals surface area contributed by atoms with Crippen molar-refractivity contribution in [2.45, 2.75) is 25.9 Å². The Morgan fingerprint density at radius 3 is 2.58 bits per heavy atom. The molecule has 0 aliphatic carbocycles. The molecule has 138 valence electrons. The van der Waals surface area contributed by atoms with E-state index in [0.29, 0.717) is 36.8 Å². The maximum Gasteiger partial charge on any atom is 0.390 e. The molecule has 5 nitrogen and oxygen atoms in total. The van der Waals surface area contributed by atoms with Gasteiger partial charge >= 0.3 is 6.18 Å². The molecule has 0 aliphatic rings. The minimum Gasteiger partial charge on any atom is -0.504 e. The van der Waals surface area contributed by atoms with Gasteiger partial charge in [-0.3, -0.25) is 4.99 Å². The molecule has 0 atom stereocenters. The molecule has 3 N–H and O–H groups in total. The van der Waals surface area contributed by atoms with Gasteiger partial charge in [0.25, 0.3) is 0 Å². The molecule has 0 fully saturated rings. The van der Waals surface area contributed by atoms with E-state index in [9.17, 15) is 18.3 Å². The second-order valence-corrected chi connectivity index (χ2v) is 4.77. The maximum absolute atomic E-state index is 12.1. The molecule has 0 unspecified atom stereocenters. The topological polar surface area (TPSA) is 65.9 Å². The predicted octanol–water partition coefficient (Wildman–Crippen LogP) is 3.07. The van der Waals surface area contributed by atoms with Gasteiger partial charge in [0.05, 0.1) is 20.1 Å². The van der Waals surface area contributed by atoms with E-state index < -0.39 is 12.6 Å². The number of benzene rings is 1. The van der Waals surface area contributed by atoms with Gasteiger partial charge < -0.3 is 20.5 Å². The number of guanidine groups is 1. The lowest BCUT2D eigenvalue weighted by Gasteiger charge is -2.13. The van der Waals surface area contributed by atoms with Crippen LogP contribution in [-0.2, 0) is 6.42 Å². The Labute approximate surface area is 156 Å². The maximum atomic E-state index is 12.1. The van der Waals surface area contributed by atoms with Crippen molar-refractivity contribution in [1.82, 2.24) is 10.6 Å². The van der Waals surface area contributed by atoms with Crippen LogP contribution in [0.2, 0.25) is 0 Å². The molecule has 0 spiro atoms. The Morgan fingerprint density at radius 1 is 1.29 bits per heavy atom. The number of nitrogens with zero attached hydrogens (tertiary/aromatic N) is 1. The summed E-state index contributed by atoms with van der Waals surface area (Å²) >= 11 is 0. The Hall–Kier alpha value is -1.39. The minimum atomic E-state index is -4.22. The molecule has 1 rings (SSSR count). The summed E-state index contributed by atoms with van der Waals surface area (Å²) in [6.45, 7) is 2.46. The highest BCUT2D eigenvalue weighted by Crippen LogP contribution is 2.29. The quantitative estimate of drug-likeness (QED) is 0.332. The first-order valence-corrected chi connectivity index (χ1v) is 7.31. The number of aromatic hydroxyl groups is 1. The molecular formula is C15H23F3IN3O2. The van der Waals surface area contributed by atoms with Crippen LogP contribution in [0.4, 0.5) is 13.2 Å². The third-order valence-electron chi connectivity index (χ3n) is 3.00. The summed E-state index contributed by atoms with van der Waals surface area (Å²) in [6, 6.07) is 5.17. The Balaban J connectivity index is 0.00000529. The van der Waals surface area contributed by atoms with Crippen LogP contribution in [0.25, 0.3) is 0 Å². The van der Waals surface area contributed by atoms with Gasteiger partial charge in [-0.05, 0) is 25.0 Å². The van der Waals surface area contributed by atoms with Gasteiger partial charge in [-0.1, -0.05) is 12.1 Å². The van der Waals surface area contributed by atoms with E-state index in [4.69, 9.17) is 4.74 Å². The number of hydrogen-bond acceptors (Lipinski definition) is 3. The second kappa shape index (κ2) is 11.2. The van der Waals surface area contributed by atoms with E-state index in [1.807, 2.05) is 6.92 Å². The van der Waals surface area contributed by atoms with Crippen molar-refractivity contribution in [1.29, 1.82) is 0 Å². The standard InChI is InChI=1S/C15H22F3N3O2.HI/c1-3-19-14(21-10-8-15(16,17)18)20-9-7-11-5-4-6-12(23-2)13(11)22;/h4-6,22H,3,7-10H2,1-2H3,(H2,19,20,21);1H. The first-order chi connectivity index (χ1) is 10.9. The largest absolute Gasteiger partial charge is 0.504 e. The minimum absolute atomic E-state index is 0. The van der Waals surface area contributed by atoms with Crippen molar-refractivity contribution >= 4 is 29.9 Å². The second-order valence-electron chi connectivity index (χ2n) is 4.77. The fourth-order valence-corrected chi connectivity index (χ4v) is 1.89. The average molecular weight is 461 g/mol. The number of ether oxygens (including phenoxy) is 1. The summed E-state index contributed by atoms with van der Waals surface area (Å²) in [5.74, 6) is 0.767. The van der Waals surface area contributed by atoms with Crippen LogP contribution in [-0.4, -0.2) is 44.0 Å². The van der Waals surface area contributed by atoms with Gasteiger partial charge in [0, 0.05) is 13.1 Å². The van der Waals surface area contributed by atoms with Gasteiger partial charge in [-0.15, -0.1) is 24.0 Å². The van der Waals surface area contributed by atoms with Crippen molar-refractivity contribution in [3.05, 3.63) is 23.8 Å². The number of para-hydroxylation sites is 1. The van der Waals surface area contributed by atoms with Crippen LogP contribution in [0.1, 0.15) is 18.9 Å².